The molecule has 0 unspecified atom stereocenters. The average Bonchev–Trinajstić information content (AvgIpc) is 2.52. The average molecular weight is 331 g/mol. The van der Waals surface area contributed by atoms with E-state index in [1.54, 1.807) is 43.3 Å². The molecule has 0 aliphatic carbocycles. The van der Waals surface area contributed by atoms with Crippen molar-refractivity contribution in [1.29, 1.82) is 0 Å². The lowest BCUT2D eigenvalue weighted by molar-refractivity contribution is -0.142. The predicted octanol–water partition coefficient (Wildman–Crippen LogP) is 2.52. The van der Waals surface area contributed by atoms with Crippen LogP contribution in [0.15, 0.2) is 36.4 Å². The van der Waals surface area contributed by atoms with Crippen LogP contribution in [0.25, 0.3) is 0 Å². The van der Waals surface area contributed by atoms with Gasteiger partial charge in [-0.15, -0.1) is 0 Å². The standard InChI is InChI=1S/C17H16BClO4/c1-2-22-17(21)8-11-3-5-14(19)16(7-11)23-15-6-4-13(18)9-12(15)10-20/h3-7,9,20H,2,8,10H2,1H3. The summed E-state index contributed by atoms with van der Waals surface area (Å²) < 4.78 is 10.7. The van der Waals surface area contributed by atoms with Crippen LogP contribution in [-0.2, 0) is 22.6 Å². The summed E-state index contributed by atoms with van der Waals surface area (Å²) in [5.41, 5.74) is 1.81. The Kier molecular flexibility index (Phi) is 6.08. The summed E-state index contributed by atoms with van der Waals surface area (Å²) in [6.45, 7) is 1.88. The topological polar surface area (TPSA) is 55.8 Å². The van der Waals surface area contributed by atoms with Crippen LogP contribution in [0, 0.1) is 0 Å². The van der Waals surface area contributed by atoms with Crippen LogP contribution in [0.3, 0.4) is 0 Å². The summed E-state index contributed by atoms with van der Waals surface area (Å²) in [4.78, 5) is 11.6. The second kappa shape index (κ2) is 8.04. The molecule has 0 amide bonds. The molecule has 2 rings (SSSR count). The third-order valence-corrected chi connectivity index (χ3v) is 3.44. The van der Waals surface area contributed by atoms with Gasteiger partial charge in [0.1, 0.15) is 19.3 Å². The number of hydrogen-bond donors (Lipinski definition) is 1. The van der Waals surface area contributed by atoms with E-state index in [2.05, 4.69) is 0 Å². The number of carbonyl (C=O) groups excluding carboxylic acids is 1. The number of aliphatic hydroxyl groups is 1. The molecule has 0 saturated heterocycles. The van der Waals surface area contributed by atoms with Crippen LogP contribution in [-0.4, -0.2) is 25.5 Å². The van der Waals surface area contributed by atoms with Crippen LogP contribution < -0.4 is 10.2 Å². The first-order valence-corrected chi connectivity index (χ1v) is 7.52. The molecule has 0 fully saturated rings. The number of aliphatic hydroxyl groups excluding tert-OH is 1. The Morgan fingerprint density at radius 1 is 1.22 bits per heavy atom. The normalized spacial score (nSPS) is 10.4. The largest absolute Gasteiger partial charge is 0.466 e. The first-order valence-electron chi connectivity index (χ1n) is 7.14. The molecule has 0 heterocycles. The van der Waals surface area contributed by atoms with Crippen molar-refractivity contribution in [2.75, 3.05) is 6.61 Å². The third-order valence-electron chi connectivity index (χ3n) is 3.12. The molecule has 0 aromatic heterocycles. The zero-order valence-electron chi connectivity index (χ0n) is 12.7. The smallest absolute Gasteiger partial charge is 0.310 e. The van der Waals surface area contributed by atoms with Gasteiger partial charge < -0.3 is 14.6 Å². The van der Waals surface area contributed by atoms with Gasteiger partial charge in [0.05, 0.1) is 24.7 Å². The number of carbonyl (C=O) groups is 1. The van der Waals surface area contributed by atoms with Crippen molar-refractivity contribution < 1.29 is 19.4 Å². The van der Waals surface area contributed by atoms with Gasteiger partial charge >= 0.3 is 5.97 Å². The molecular weight excluding hydrogens is 314 g/mol. The lowest BCUT2D eigenvalue weighted by Gasteiger charge is -2.13. The van der Waals surface area contributed by atoms with E-state index in [1.807, 2.05) is 0 Å². The minimum Gasteiger partial charge on any atom is -0.466 e. The number of benzene rings is 2. The zero-order valence-corrected chi connectivity index (χ0v) is 13.5. The van der Waals surface area contributed by atoms with Gasteiger partial charge in [-0.25, -0.2) is 0 Å². The Morgan fingerprint density at radius 3 is 2.70 bits per heavy atom. The highest BCUT2D eigenvalue weighted by Gasteiger charge is 2.11. The van der Waals surface area contributed by atoms with Crippen LogP contribution in [0.4, 0.5) is 0 Å². The molecule has 4 nitrogen and oxygen atoms in total. The molecular formula is C17H16BClO4. The highest BCUT2D eigenvalue weighted by Crippen LogP contribution is 2.32. The summed E-state index contributed by atoms with van der Waals surface area (Å²) in [5, 5.41) is 9.79. The predicted molar refractivity (Wildman–Crippen MR) is 89.6 cm³/mol. The second-order valence-corrected chi connectivity index (χ2v) is 5.28. The molecule has 2 aromatic carbocycles. The molecule has 0 aliphatic rings. The molecule has 0 bridgehead atoms. The van der Waals surface area contributed by atoms with Crippen LogP contribution in [0.2, 0.25) is 5.02 Å². The van der Waals surface area contributed by atoms with Crippen molar-refractivity contribution >= 4 is 30.9 Å². The molecule has 1 N–H and O–H groups in total. The summed E-state index contributed by atoms with van der Waals surface area (Å²) >= 11 is 6.14. The quantitative estimate of drug-likeness (QED) is 0.653. The summed E-state index contributed by atoms with van der Waals surface area (Å²) in [6, 6.07) is 10.0. The van der Waals surface area contributed by atoms with Crippen molar-refractivity contribution in [2.24, 2.45) is 0 Å². The van der Waals surface area contributed by atoms with Crippen LogP contribution in [0.1, 0.15) is 18.1 Å². The number of halogens is 1. The van der Waals surface area contributed by atoms with E-state index in [9.17, 15) is 9.90 Å². The summed E-state index contributed by atoms with van der Waals surface area (Å²) in [6.07, 6.45) is 0.135. The maximum Gasteiger partial charge on any atom is 0.310 e. The lowest BCUT2D eigenvalue weighted by atomic mass is 9.94. The number of rotatable bonds is 6. The molecule has 2 radical (unpaired) electrons. The van der Waals surface area contributed by atoms with E-state index in [0.717, 1.165) is 5.56 Å². The molecule has 0 aliphatic heterocycles. The van der Waals surface area contributed by atoms with Crippen molar-refractivity contribution in [2.45, 2.75) is 20.0 Å². The molecule has 0 atom stereocenters. The molecule has 118 valence electrons. The zero-order chi connectivity index (χ0) is 16.8. The highest BCUT2D eigenvalue weighted by atomic mass is 35.5. The maximum absolute atomic E-state index is 11.6. The fraction of sp³-hybridized carbons (Fsp3) is 0.235. The Bertz CT molecular complexity index is 703. The maximum atomic E-state index is 11.6. The van der Waals surface area contributed by atoms with Gasteiger partial charge in [0, 0.05) is 5.56 Å². The fourth-order valence-corrected chi connectivity index (χ4v) is 2.21. The van der Waals surface area contributed by atoms with Gasteiger partial charge in [-0.3, -0.25) is 4.79 Å². The van der Waals surface area contributed by atoms with E-state index in [4.69, 9.17) is 28.9 Å². The van der Waals surface area contributed by atoms with Crippen LogP contribution in [0.5, 0.6) is 11.5 Å². The number of esters is 1. The van der Waals surface area contributed by atoms with Gasteiger partial charge in [-0.1, -0.05) is 35.3 Å². The fourth-order valence-electron chi connectivity index (χ4n) is 2.06. The second-order valence-electron chi connectivity index (χ2n) is 4.87. The van der Waals surface area contributed by atoms with Gasteiger partial charge in [-0.2, -0.15) is 0 Å². The molecule has 23 heavy (non-hydrogen) atoms. The molecule has 0 saturated carbocycles. The number of hydrogen-bond acceptors (Lipinski definition) is 4. The van der Waals surface area contributed by atoms with Crippen molar-refractivity contribution in [3.63, 3.8) is 0 Å². The van der Waals surface area contributed by atoms with E-state index >= 15 is 0 Å². The molecule has 6 heteroatoms. The van der Waals surface area contributed by atoms with Crippen LogP contribution >= 0.6 is 11.6 Å². The Morgan fingerprint density at radius 2 is 2.00 bits per heavy atom. The minimum absolute atomic E-state index is 0.135. The van der Waals surface area contributed by atoms with Gasteiger partial charge in [-0.05, 0) is 30.7 Å². The summed E-state index contributed by atoms with van der Waals surface area (Å²) in [7, 11) is 5.69. The van der Waals surface area contributed by atoms with Crippen molar-refractivity contribution in [3.05, 3.63) is 52.5 Å². The minimum atomic E-state index is -0.315. The monoisotopic (exact) mass is 330 g/mol. The molecule has 0 spiro atoms. The van der Waals surface area contributed by atoms with Crippen molar-refractivity contribution in [3.8, 4) is 11.5 Å². The van der Waals surface area contributed by atoms with Gasteiger partial charge in [0.25, 0.3) is 0 Å². The van der Waals surface area contributed by atoms with Crippen molar-refractivity contribution in [1.82, 2.24) is 0 Å². The highest BCUT2D eigenvalue weighted by molar-refractivity contribution is 6.32. The summed E-state index contributed by atoms with van der Waals surface area (Å²) in [5.74, 6) is 0.536. The van der Waals surface area contributed by atoms with E-state index in [-0.39, 0.29) is 19.0 Å². The Hall–Kier alpha value is -1.98. The third kappa shape index (κ3) is 4.75. The lowest BCUT2D eigenvalue weighted by Crippen LogP contribution is -2.07. The van der Waals surface area contributed by atoms with E-state index < -0.39 is 0 Å². The number of ether oxygens (including phenoxy) is 2. The van der Waals surface area contributed by atoms with Gasteiger partial charge in [0.2, 0.25) is 0 Å². The Labute approximate surface area is 141 Å². The first kappa shape index (κ1) is 17.4. The van der Waals surface area contributed by atoms with E-state index in [1.165, 1.54) is 0 Å². The van der Waals surface area contributed by atoms with E-state index in [0.29, 0.717) is 34.2 Å². The van der Waals surface area contributed by atoms with Gasteiger partial charge in [0.15, 0.2) is 0 Å². The molecule has 2 aromatic rings. The Balaban J connectivity index is 2.24. The first-order chi connectivity index (χ1) is 11.0. The SMILES string of the molecule is [B]c1ccc(Oc2cc(CC(=O)OCC)ccc2Cl)c(CO)c1.